The van der Waals surface area contributed by atoms with Crippen LogP contribution in [-0.2, 0) is 11.0 Å². The van der Waals surface area contributed by atoms with Gasteiger partial charge in [0.1, 0.15) is 5.38 Å². The van der Waals surface area contributed by atoms with Crippen LogP contribution in [0.3, 0.4) is 0 Å². The van der Waals surface area contributed by atoms with Crippen molar-refractivity contribution in [1.29, 1.82) is 0 Å². The van der Waals surface area contributed by atoms with E-state index < -0.39 is 23.0 Å². The first kappa shape index (κ1) is 16.6. The van der Waals surface area contributed by atoms with Crippen LogP contribution in [0.5, 0.6) is 0 Å². The summed E-state index contributed by atoms with van der Waals surface area (Å²) in [6, 6.07) is 11.1. The maximum atomic E-state index is 12.7. The molecule has 0 aromatic heterocycles. The fourth-order valence-electron chi connectivity index (χ4n) is 1.77. The number of benzene rings is 2. The van der Waals surface area contributed by atoms with Gasteiger partial charge in [-0.3, -0.25) is 4.79 Å². The fraction of sp³-hybridized carbons (Fsp3) is 0.133. The third-order valence-corrected chi connectivity index (χ3v) is 3.65. The Balaban J connectivity index is 2.21. The molecule has 0 aliphatic rings. The summed E-state index contributed by atoms with van der Waals surface area (Å²) in [5.41, 5.74) is -0.508. The highest BCUT2D eigenvalue weighted by molar-refractivity contribution is 6.35. The number of anilines is 1. The maximum Gasteiger partial charge on any atom is 0.416 e. The van der Waals surface area contributed by atoms with Crippen LogP contribution in [0.1, 0.15) is 16.5 Å². The molecule has 22 heavy (non-hydrogen) atoms. The van der Waals surface area contributed by atoms with Crippen molar-refractivity contribution in [2.75, 3.05) is 5.32 Å². The number of amides is 1. The molecule has 1 N–H and O–H groups in total. The summed E-state index contributed by atoms with van der Waals surface area (Å²) in [6.07, 6.45) is -4.52. The zero-order valence-electron chi connectivity index (χ0n) is 11.0. The summed E-state index contributed by atoms with van der Waals surface area (Å²) in [6.45, 7) is 0. The van der Waals surface area contributed by atoms with Crippen molar-refractivity contribution in [1.82, 2.24) is 0 Å². The lowest BCUT2D eigenvalue weighted by Gasteiger charge is -2.14. The van der Waals surface area contributed by atoms with Crippen molar-refractivity contribution in [3.05, 3.63) is 64.7 Å². The summed E-state index contributed by atoms with van der Waals surface area (Å²) in [7, 11) is 0. The summed E-state index contributed by atoms with van der Waals surface area (Å²) in [5.74, 6) is -0.658. The molecule has 0 radical (unpaired) electrons. The van der Waals surface area contributed by atoms with Gasteiger partial charge in [0.25, 0.3) is 0 Å². The van der Waals surface area contributed by atoms with E-state index in [4.69, 9.17) is 23.2 Å². The Bertz CT molecular complexity index is 674. The molecule has 7 heteroatoms. The molecule has 2 nitrogen and oxygen atoms in total. The first-order valence-electron chi connectivity index (χ1n) is 6.15. The highest BCUT2D eigenvalue weighted by atomic mass is 35.5. The van der Waals surface area contributed by atoms with Gasteiger partial charge in [0.2, 0.25) is 5.91 Å². The van der Waals surface area contributed by atoms with Crippen LogP contribution in [-0.4, -0.2) is 5.91 Å². The number of rotatable bonds is 3. The number of carbonyl (C=O) groups is 1. The molecule has 0 saturated heterocycles. The molecule has 1 atom stereocenters. The molecule has 0 spiro atoms. The van der Waals surface area contributed by atoms with Crippen LogP contribution in [0.2, 0.25) is 5.02 Å². The third kappa shape index (κ3) is 3.93. The van der Waals surface area contributed by atoms with E-state index >= 15 is 0 Å². The van der Waals surface area contributed by atoms with Crippen molar-refractivity contribution in [3.8, 4) is 0 Å². The van der Waals surface area contributed by atoms with Crippen LogP contribution in [0.15, 0.2) is 48.5 Å². The van der Waals surface area contributed by atoms with Crippen molar-refractivity contribution in [2.45, 2.75) is 11.6 Å². The van der Waals surface area contributed by atoms with Gasteiger partial charge in [-0.1, -0.05) is 41.9 Å². The first-order chi connectivity index (χ1) is 10.3. The Morgan fingerprint density at radius 3 is 2.32 bits per heavy atom. The average molecular weight is 348 g/mol. The lowest BCUT2D eigenvalue weighted by atomic mass is 10.1. The molecule has 2 rings (SSSR count). The van der Waals surface area contributed by atoms with Crippen LogP contribution >= 0.6 is 23.2 Å². The molecule has 0 bridgehead atoms. The Kier molecular flexibility index (Phi) is 4.98. The zero-order chi connectivity index (χ0) is 16.3. The zero-order valence-corrected chi connectivity index (χ0v) is 12.5. The van der Waals surface area contributed by atoms with Gasteiger partial charge >= 0.3 is 6.18 Å². The SMILES string of the molecule is O=C(Nc1cc(C(F)(F)F)ccc1Cl)[C@H](Cl)c1ccccc1. The van der Waals surface area contributed by atoms with Crippen molar-refractivity contribution < 1.29 is 18.0 Å². The van der Waals surface area contributed by atoms with Crippen molar-refractivity contribution in [2.24, 2.45) is 0 Å². The van der Waals surface area contributed by atoms with Gasteiger partial charge in [-0.2, -0.15) is 13.2 Å². The van der Waals surface area contributed by atoms with Gasteiger partial charge in [0.15, 0.2) is 0 Å². The van der Waals surface area contributed by atoms with Crippen LogP contribution in [0, 0.1) is 0 Å². The molecular formula is C15H10Cl2F3NO. The standard InChI is InChI=1S/C15H10Cl2F3NO/c16-11-7-6-10(15(18,19)20)8-12(11)21-14(22)13(17)9-4-2-1-3-5-9/h1-8,13H,(H,21,22)/t13-/m1/s1. The quantitative estimate of drug-likeness (QED) is 0.752. The second-order valence-corrected chi connectivity index (χ2v) is 5.30. The minimum Gasteiger partial charge on any atom is -0.323 e. The van der Waals surface area contributed by atoms with E-state index in [0.717, 1.165) is 18.2 Å². The number of hydrogen-bond acceptors (Lipinski definition) is 1. The smallest absolute Gasteiger partial charge is 0.323 e. The lowest BCUT2D eigenvalue weighted by molar-refractivity contribution is -0.137. The third-order valence-electron chi connectivity index (χ3n) is 2.87. The van der Waals surface area contributed by atoms with E-state index in [2.05, 4.69) is 5.32 Å². The Morgan fingerprint density at radius 2 is 1.73 bits per heavy atom. The topological polar surface area (TPSA) is 29.1 Å². The van der Waals surface area contributed by atoms with Gasteiger partial charge in [-0.15, -0.1) is 11.6 Å². The fourth-order valence-corrected chi connectivity index (χ4v) is 2.13. The predicted octanol–water partition coefficient (Wildman–Crippen LogP) is 5.28. The van der Waals surface area contributed by atoms with E-state index in [1.165, 1.54) is 0 Å². The predicted molar refractivity (Wildman–Crippen MR) is 80.1 cm³/mol. The van der Waals surface area contributed by atoms with E-state index in [-0.39, 0.29) is 10.7 Å². The molecule has 0 aliphatic heterocycles. The number of halogens is 5. The minimum absolute atomic E-state index is 0.00159. The maximum absolute atomic E-state index is 12.7. The summed E-state index contributed by atoms with van der Waals surface area (Å²) < 4.78 is 38.0. The van der Waals surface area contributed by atoms with Gasteiger partial charge in [-0.25, -0.2) is 0 Å². The molecule has 0 fully saturated rings. The van der Waals surface area contributed by atoms with Gasteiger partial charge in [0, 0.05) is 0 Å². The van der Waals surface area contributed by atoms with E-state index in [1.54, 1.807) is 30.3 Å². The van der Waals surface area contributed by atoms with E-state index in [1.807, 2.05) is 0 Å². The lowest BCUT2D eigenvalue weighted by Crippen LogP contribution is -2.18. The molecule has 0 heterocycles. The summed E-state index contributed by atoms with van der Waals surface area (Å²) in [5, 5.41) is 1.28. The Labute approximate surface area is 134 Å². The molecule has 1 amide bonds. The first-order valence-corrected chi connectivity index (χ1v) is 6.97. The van der Waals surface area contributed by atoms with Gasteiger partial charge in [-0.05, 0) is 23.8 Å². The Morgan fingerprint density at radius 1 is 1.09 bits per heavy atom. The van der Waals surface area contributed by atoms with E-state index in [0.29, 0.717) is 5.56 Å². The minimum atomic E-state index is -4.52. The molecule has 2 aromatic carbocycles. The molecule has 0 unspecified atom stereocenters. The highest BCUT2D eigenvalue weighted by Crippen LogP contribution is 2.34. The second-order valence-electron chi connectivity index (χ2n) is 4.45. The molecule has 116 valence electrons. The van der Waals surface area contributed by atoms with Crippen LogP contribution < -0.4 is 5.32 Å². The normalized spacial score (nSPS) is 12.8. The molecule has 2 aromatic rings. The van der Waals surface area contributed by atoms with E-state index in [9.17, 15) is 18.0 Å². The molecule has 0 saturated carbocycles. The molecular weight excluding hydrogens is 338 g/mol. The number of nitrogens with one attached hydrogen (secondary N) is 1. The summed E-state index contributed by atoms with van der Waals surface area (Å²) in [4.78, 5) is 12.0. The Hall–Kier alpha value is -1.72. The van der Waals surface area contributed by atoms with Crippen LogP contribution in [0.4, 0.5) is 18.9 Å². The van der Waals surface area contributed by atoms with Crippen molar-refractivity contribution >= 4 is 34.8 Å². The molecule has 0 aliphatic carbocycles. The highest BCUT2D eigenvalue weighted by Gasteiger charge is 2.31. The average Bonchev–Trinajstić information content (AvgIpc) is 2.48. The van der Waals surface area contributed by atoms with Gasteiger partial charge in [0.05, 0.1) is 16.3 Å². The number of hydrogen-bond donors (Lipinski definition) is 1. The second kappa shape index (κ2) is 6.58. The van der Waals surface area contributed by atoms with Crippen molar-refractivity contribution in [3.63, 3.8) is 0 Å². The number of carbonyl (C=O) groups excluding carboxylic acids is 1. The summed E-state index contributed by atoms with van der Waals surface area (Å²) >= 11 is 11.8. The van der Waals surface area contributed by atoms with Crippen LogP contribution in [0.25, 0.3) is 0 Å². The number of alkyl halides is 4. The van der Waals surface area contributed by atoms with Gasteiger partial charge < -0.3 is 5.32 Å². The monoisotopic (exact) mass is 347 g/mol. The largest absolute Gasteiger partial charge is 0.416 e.